The number of carbonyl (C=O) groups is 1. The molecule has 2 N–H and O–H groups in total. The highest BCUT2D eigenvalue weighted by molar-refractivity contribution is 6.34. The molecule has 110 valence electrons. The van der Waals surface area contributed by atoms with Crippen molar-refractivity contribution in [2.75, 3.05) is 24.3 Å². The van der Waals surface area contributed by atoms with Crippen LogP contribution < -0.4 is 10.6 Å². The number of esters is 1. The molecule has 1 saturated heterocycles. The van der Waals surface area contributed by atoms with Gasteiger partial charge in [0, 0.05) is 18.3 Å². The molecule has 1 aliphatic rings. The van der Waals surface area contributed by atoms with Gasteiger partial charge in [0.2, 0.25) is 0 Å². The summed E-state index contributed by atoms with van der Waals surface area (Å²) in [5, 5.41) is 0.506. The number of nitrogens with two attached hydrogens (primary N) is 1. The minimum atomic E-state index is -0.403. The van der Waals surface area contributed by atoms with Crippen LogP contribution in [0.25, 0.3) is 0 Å². The third-order valence-corrected chi connectivity index (χ3v) is 4.20. The smallest absolute Gasteiger partial charge is 0.340 e. The number of nitrogen functional groups attached to an aromatic ring is 1. The number of anilines is 2. The summed E-state index contributed by atoms with van der Waals surface area (Å²) >= 11 is 6.34. The number of rotatable bonds is 2. The van der Waals surface area contributed by atoms with Gasteiger partial charge in [0.15, 0.2) is 0 Å². The Kier molecular flexibility index (Phi) is 4.43. The van der Waals surface area contributed by atoms with Gasteiger partial charge in [-0.05, 0) is 37.8 Å². The Morgan fingerprint density at radius 3 is 2.75 bits per heavy atom. The second kappa shape index (κ2) is 5.92. The molecule has 2 rings (SSSR count). The van der Waals surface area contributed by atoms with Gasteiger partial charge in [-0.15, -0.1) is 0 Å². The van der Waals surface area contributed by atoms with Gasteiger partial charge < -0.3 is 15.4 Å². The summed E-state index contributed by atoms with van der Waals surface area (Å²) in [7, 11) is 1.37. The van der Waals surface area contributed by atoms with Crippen molar-refractivity contribution in [3.8, 4) is 0 Å². The zero-order chi connectivity index (χ0) is 14.9. The number of ether oxygens (including phenoxy) is 1. The van der Waals surface area contributed by atoms with Crippen LogP contribution in [0.2, 0.25) is 5.02 Å². The Hall–Kier alpha value is -1.42. The van der Waals surface area contributed by atoms with Gasteiger partial charge in [-0.1, -0.05) is 18.5 Å². The van der Waals surface area contributed by atoms with Crippen LogP contribution in [0.4, 0.5) is 11.4 Å². The molecule has 0 bridgehead atoms. The zero-order valence-corrected chi connectivity index (χ0v) is 12.9. The quantitative estimate of drug-likeness (QED) is 0.672. The van der Waals surface area contributed by atoms with E-state index in [-0.39, 0.29) is 0 Å². The lowest BCUT2D eigenvalue weighted by molar-refractivity contribution is 0.0601. The largest absolute Gasteiger partial charge is 0.465 e. The molecule has 0 aromatic heterocycles. The number of nitrogens with zero attached hydrogens (tertiary/aromatic N) is 1. The third kappa shape index (κ3) is 2.85. The average Bonchev–Trinajstić information content (AvgIpc) is 2.38. The predicted octanol–water partition coefficient (Wildman–Crippen LogP) is 3.33. The Morgan fingerprint density at radius 1 is 1.45 bits per heavy atom. The summed E-state index contributed by atoms with van der Waals surface area (Å²) in [6, 6.07) is 3.66. The van der Waals surface area contributed by atoms with Gasteiger partial charge >= 0.3 is 5.97 Å². The second-order valence-corrected chi connectivity index (χ2v) is 5.97. The van der Waals surface area contributed by atoms with Crippen molar-refractivity contribution < 1.29 is 9.53 Å². The van der Waals surface area contributed by atoms with Crippen LogP contribution in [0, 0.1) is 5.92 Å². The lowest BCUT2D eigenvalue weighted by Crippen LogP contribution is -2.41. The predicted molar refractivity (Wildman–Crippen MR) is 82.4 cm³/mol. The Labute approximate surface area is 124 Å². The van der Waals surface area contributed by atoms with Crippen molar-refractivity contribution in [2.24, 2.45) is 5.92 Å². The molecule has 1 fully saturated rings. The maximum absolute atomic E-state index is 12.0. The van der Waals surface area contributed by atoms with E-state index in [4.69, 9.17) is 22.1 Å². The van der Waals surface area contributed by atoms with Gasteiger partial charge in [-0.2, -0.15) is 0 Å². The number of piperidine rings is 1. The standard InChI is InChI=1S/C15H21ClN2O2/c1-9-4-5-18(10(2)6-9)14-12(15(19)20-3)7-11(17)8-13(14)16/h7-10H,4-6,17H2,1-3H3. The van der Waals surface area contributed by atoms with E-state index >= 15 is 0 Å². The first-order valence-electron chi connectivity index (χ1n) is 6.88. The molecule has 20 heavy (non-hydrogen) atoms. The maximum Gasteiger partial charge on any atom is 0.340 e. The molecule has 1 aromatic rings. The fraction of sp³-hybridized carbons (Fsp3) is 0.533. The average molecular weight is 297 g/mol. The summed E-state index contributed by atoms with van der Waals surface area (Å²) in [5.74, 6) is 0.287. The molecule has 1 aliphatic heterocycles. The van der Waals surface area contributed by atoms with E-state index in [1.165, 1.54) is 7.11 Å². The van der Waals surface area contributed by atoms with Crippen LogP contribution >= 0.6 is 11.6 Å². The molecular formula is C15H21ClN2O2. The van der Waals surface area contributed by atoms with Gasteiger partial charge in [-0.3, -0.25) is 0 Å². The van der Waals surface area contributed by atoms with Crippen LogP contribution in [0.3, 0.4) is 0 Å². The highest BCUT2D eigenvalue weighted by Gasteiger charge is 2.28. The number of hydrogen-bond acceptors (Lipinski definition) is 4. The van der Waals surface area contributed by atoms with Crippen LogP contribution in [-0.2, 0) is 4.74 Å². The molecule has 0 aliphatic carbocycles. The molecule has 4 nitrogen and oxygen atoms in total. The first-order valence-corrected chi connectivity index (χ1v) is 7.25. The van der Waals surface area contributed by atoms with Crippen molar-refractivity contribution in [3.05, 3.63) is 22.7 Å². The molecule has 0 spiro atoms. The first-order chi connectivity index (χ1) is 9.43. The minimum Gasteiger partial charge on any atom is -0.465 e. The Balaban J connectivity index is 2.47. The van der Waals surface area contributed by atoms with Gasteiger partial charge in [0.25, 0.3) is 0 Å². The summed E-state index contributed by atoms with van der Waals surface area (Å²) < 4.78 is 4.85. The number of hydrogen-bond donors (Lipinski definition) is 1. The molecule has 0 amide bonds. The lowest BCUT2D eigenvalue weighted by Gasteiger charge is -2.39. The van der Waals surface area contributed by atoms with E-state index in [1.54, 1.807) is 12.1 Å². The second-order valence-electron chi connectivity index (χ2n) is 5.56. The summed E-state index contributed by atoms with van der Waals surface area (Å²) in [4.78, 5) is 14.2. The van der Waals surface area contributed by atoms with E-state index in [9.17, 15) is 4.79 Å². The molecule has 1 aromatic carbocycles. The van der Waals surface area contributed by atoms with Gasteiger partial charge in [-0.25, -0.2) is 4.79 Å². The van der Waals surface area contributed by atoms with E-state index in [0.717, 1.165) is 25.1 Å². The summed E-state index contributed by atoms with van der Waals surface area (Å²) in [6.07, 6.45) is 2.17. The van der Waals surface area contributed by atoms with Crippen molar-refractivity contribution in [1.82, 2.24) is 0 Å². The van der Waals surface area contributed by atoms with E-state index in [0.29, 0.717) is 28.2 Å². The SMILES string of the molecule is COC(=O)c1cc(N)cc(Cl)c1N1CCC(C)CC1C. The number of carbonyl (C=O) groups excluding carboxylic acids is 1. The Bertz CT molecular complexity index is 519. The van der Waals surface area contributed by atoms with E-state index < -0.39 is 5.97 Å². The molecule has 5 heteroatoms. The molecular weight excluding hydrogens is 276 g/mol. The maximum atomic E-state index is 12.0. The monoisotopic (exact) mass is 296 g/mol. The van der Waals surface area contributed by atoms with Crippen LogP contribution in [0.1, 0.15) is 37.0 Å². The van der Waals surface area contributed by atoms with Crippen molar-refractivity contribution >= 4 is 28.9 Å². The third-order valence-electron chi connectivity index (χ3n) is 3.92. The van der Waals surface area contributed by atoms with Crippen LogP contribution in [0.5, 0.6) is 0 Å². The summed E-state index contributed by atoms with van der Waals surface area (Å²) in [6.45, 7) is 5.29. The molecule has 2 atom stereocenters. The molecule has 1 heterocycles. The highest BCUT2D eigenvalue weighted by Crippen LogP contribution is 2.37. The summed E-state index contributed by atoms with van der Waals surface area (Å²) in [5.41, 5.74) is 7.45. The van der Waals surface area contributed by atoms with Crippen LogP contribution in [-0.4, -0.2) is 25.7 Å². The molecule has 2 unspecified atom stereocenters. The number of methoxy groups -OCH3 is 1. The number of halogens is 1. The first kappa shape index (κ1) is 15.0. The van der Waals surface area contributed by atoms with Gasteiger partial charge in [0.1, 0.15) is 0 Å². The van der Waals surface area contributed by atoms with Gasteiger partial charge in [0.05, 0.1) is 23.4 Å². The van der Waals surface area contributed by atoms with Crippen molar-refractivity contribution in [1.29, 1.82) is 0 Å². The normalized spacial score (nSPS) is 22.7. The fourth-order valence-corrected chi connectivity index (χ4v) is 3.25. The van der Waals surface area contributed by atoms with Crippen LogP contribution in [0.15, 0.2) is 12.1 Å². The molecule has 0 radical (unpaired) electrons. The van der Waals surface area contributed by atoms with Crippen molar-refractivity contribution in [3.63, 3.8) is 0 Å². The fourth-order valence-electron chi connectivity index (χ4n) is 2.92. The lowest BCUT2D eigenvalue weighted by atomic mass is 9.92. The zero-order valence-electron chi connectivity index (χ0n) is 12.1. The van der Waals surface area contributed by atoms with E-state index in [1.807, 2.05) is 0 Å². The molecule has 0 saturated carbocycles. The topological polar surface area (TPSA) is 55.6 Å². The Morgan fingerprint density at radius 2 is 2.15 bits per heavy atom. The van der Waals surface area contributed by atoms with Crippen molar-refractivity contribution in [2.45, 2.75) is 32.7 Å². The van der Waals surface area contributed by atoms with E-state index in [2.05, 4.69) is 18.7 Å². The number of benzene rings is 1. The minimum absolute atomic E-state index is 0.336. The highest BCUT2D eigenvalue weighted by atomic mass is 35.5.